The molecule has 0 amide bonds. The highest BCUT2D eigenvalue weighted by molar-refractivity contribution is 9.10. The highest BCUT2D eigenvalue weighted by atomic mass is 79.9. The molecule has 1 rings (SSSR count). The summed E-state index contributed by atoms with van der Waals surface area (Å²) in [5.74, 6) is -0.526. The van der Waals surface area contributed by atoms with Gasteiger partial charge in [-0.15, -0.1) is 0 Å². The van der Waals surface area contributed by atoms with Crippen molar-refractivity contribution in [2.45, 2.75) is 6.92 Å². The average molecular weight is 271 g/mol. The Balaban J connectivity index is 2.94. The molecule has 0 saturated heterocycles. The second-order valence-electron chi connectivity index (χ2n) is 2.77. The Labute approximate surface area is 96.5 Å². The number of carbonyl (C=O) groups is 1. The Morgan fingerprint density at radius 1 is 1.47 bits per heavy atom. The van der Waals surface area contributed by atoms with Gasteiger partial charge in [0, 0.05) is 4.47 Å². The van der Waals surface area contributed by atoms with Crippen LogP contribution in [0.25, 0.3) is 5.57 Å². The van der Waals surface area contributed by atoms with E-state index in [1.807, 2.05) is 0 Å². The van der Waals surface area contributed by atoms with Gasteiger partial charge in [-0.3, -0.25) is 0 Å². The summed E-state index contributed by atoms with van der Waals surface area (Å²) in [5, 5.41) is 8.97. The highest BCUT2D eigenvalue weighted by Crippen LogP contribution is 2.18. The maximum absolute atomic E-state index is 11.4. The van der Waals surface area contributed by atoms with Crippen molar-refractivity contribution in [2.24, 2.45) is 0 Å². The van der Waals surface area contributed by atoms with Crippen LogP contribution in [0.1, 0.15) is 12.5 Å². The van der Waals surface area contributed by atoms with Crippen LogP contribution in [0.15, 0.2) is 35.0 Å². The van der Waals surface area contributed by atoms with Gasteiger partial charge in [-0.1, -0.05) is 28.1 Å². The highest BCUT2D eigenvalue weighted by Gasteiger charge is 2.12. The fraction of sp³-hybridized carbons (Fsp3) is 0.182. The lowest BCUT2D eigenvalue weighted by atomic mass is 10.1. The topological polar surface area (TPSA) is 46.5 Å². The number of hydrogen-bond acceptors (Lipinski definition) is 3. The molecular formula is C11H11BrO3. The Hall–Kier alpha value is -1.29. The van der Waals surface area contributed by atoms with Crippen molar-refractivity contribution in [2.75, 3.05) is 6.61 Å². The third kappa shape index (κ3) is 3.09. The second-order valence-corrected chi connectivity index (χ2v) is 3.69. The van der Waals surface area contributed by atoms with E-state index in [4.69, 9.17) is 9.84 Å². The second kappa shape index (κ2) is 5.56. The molecule has 0 heterocycles. The maximum atomic E-state index is 11.4. The predicted molar refractivity (Wildman–Crippen MR) is 61.4 cm³/mol. The molecule has 1 aromatic rings. The van der Waals surface area contributed by atoms with Crippen molar-refractivity contribution in [3.8, 4) is 0 Å². The lowest BCUT2D eigenvalue weighted by Crippen LogP contribution is -2.06. The SMILES string of the molecule is CCOC(=O)/C(=C\O)c1ccc(Br)cc1. The molecule has 15 heavy (non-hydrogen) atoms. The van der Waals surface area contributed by atoms with E-state index in [1.165, 1.54) is 0 Å². The number of benzene rings is 1. The van der Waals surface area contributed by atoms with Crippen LogP contribution in [0, 0.1) is 0 Å². The monoisotopic (exact) mass is 270 g/mol. The molecule has 1 N–H and O–H groups in total. The first-order valence-electron chi connectivity index (χ1n) is 4.46. The van der Waals surface area contributed by atoms with Crippen molar-refractivity contribution < 1.29 is 14.6 Å². The predicted octanol–water partition coefficient (Wildman–Crippen LogP) is 2.91. The fourth-order valence-corrected chi connectivity index (χ4v) is 1.35. The van der Waals surface area contributed by atoms with E-state index >= 15 is 0 Å². The number of carbonyl (C=O) groups excluding carboxylic acids is 1. The number of aliphatic hydroxyl groups excluding tert-OH is 1. The van der Waals surface area contributed by atoms with Gasteiger partial charge in [0.2, 0.25) is 0 Å². The molecule has 1 aromatic carbocycles. The molecular weight excluding hydrogens is 260 g/mol. The van der Waals surface area contributed by atoms with Crippen molar-refractivity contribution in [3.63, 3.8) is 0 Å². The molecule has 0 unspecified atom stereocenters. The third-order valence-corrected chi connectivity index (χ3v) is 2.31. The lowest BCUT2D eigenvalue weighted by molar-refractivity contribution is -0.136. The average Bonchev–Trinajstić information content (AvgIpc) is 2.22. The fourth-order valence-electron chi connectivity index (χ4n) is 1.08. The van der Waals surface area contributed by atoms with E-state index in [2.05, 4.69) is 15.9 Å². The maximum Gasteiger partial charge on any atom is 0.341 e. The van der Waals surface area contributed by atoms with Crippen molar-refractivity contribution >= 4 is 27.5 Å². The molecule has 0 fully saturated rings. The van der Waals surface area contributed by atoms with Crippen LogP contribution < -0.4 is 0 Å². The molecule has 80 valence electrons. The van der Waals surface area contributed by atoms with Crippen LogP contribution in [-0.2, 0) is 9.53 Å². The standard InChI is InChI=1S/C11H11BrO3/c1-2-15-11(14)10(7-13)8-3-5-9(12)6-4-8/h3-7,13H,2H2,1H3/b10-7-. The van der Waals surface area contributed by atoms with E-state index in [0.717, 1.165) is 10.7 Å². The number of hydrogen-bond donors (Lipinski definition) is 1. The molecule has 0 saturated carbocycles. The zero-order valence-corrected chi connectivity index (χ0v) is 9.82. The third-order valence-electron chi connectivity index (χ3n) is 1.78. The smallest absolute Gasteiger partial charge is 0.341 e. The van der Waals surface area contributed by atoms with Gasteiger partial charge in [0.15, 0.2) is 0 Å². The van der Waals surface area contributed by atoms with Gasteiger partial charge in [0.25, 0.3) is 0 Å². The minimum Gasteiger partial charge on any atom is -0.515 e. The minimum absolute atomic E-state index is 0.157. The lowest BCUT2D eigenvalue weighted by Gasteiger charge is -2.05. The molecule has 0 bridgehead atoms. The Bertz CT molecular complexity index is 368. The molecule has 3 nitrogen and oxygen atoms in total. The summed E-state index contributed by atoms with van der Waals surface area (Å²) in [5.41, 5.74) is 0.781. The summed E-state index contributed by atoms with van der Waals surface area (Å²) in [6, 6.07) is 7.03. The number of rotatable bonds is 3. The van der Waals surface area contributed by atoms with E-state index in [0.29, 0.717) is 5.56 Å². The minimum atomic E-state index is -0.526. The molecule has 0 atom stereocenters. The quantitative estimate of drug-likeness (QED) is 0.522. The summed E-state index contributed by atoms with van der Waals surface area (Å²) in [7, 11) is 0. The summed E-state index contributed by atoms with van der Waals surface area (Å²) >= 11 is 3.29. The summed E-state index contributed by atoms with van der Waals surface area (Å²) in [6.45, 7) is 2.00. The van der Waals surface area contributed by atoms with Crippen LogP contribution in [0.4, 0.5) is 0 Å². The van der Waals surface area contributed by atoms with Gasteiger partial charge < -0.3 is 9.84 Å². The number of ether oxygens (including phenoxy) is 1. The van der Waals surface area contributed by atoms with Crippen molar-refractivity contribution in [3.05, 3.63) is 40.6 Å². The van der Waals surface area contributed by atoms with Gasteiger partial charge >= 0.3 is 5.97 Å². The van der Waals surface area contributed by atoms with Crippen molar-refractivity contribution in [1.29, 1.82) is 0 Å². The zero-order valence-electron chi connectivity index (χ0n) is 8.24. The first-order valence-corrected chi connectivity index (χ1v) is 5.25. The van der Waals surface area contributed by atoms with Gasteiger partial charge in [-0.05, 0) is 24.6 Å². The van der Waals surface area contributed by atoms with Crippen LogP contribution in [0.5, 0.6) is 0 Å². The van der Waals surface area contributed by atoms with E-state index in [-0.39, 0.29) is 12.2 Å². The van der Waals surface area contributed by atoms with E-state index in [9.17, 15) is 4.79 Å². The largest absolute Gasteiger partial charge is 0.515 e. The molecule has 0 aliphatic heterocycles. The van der Waals surface area contributed by atoms with Crippen LogP contribution >= 0.6 is 15.9 Å². The van der Waals surface area contributed by atoms with Gasteiger partial charge in [0.1, 0.15) is 5.57 Å². The normalized spacial score (nSPS) is 11.2. The zero-order chi connectivity index (χ0) is 11.3. The molecule has 0 spiro atoms. The first-order chi connectivity index (χ1) is 7.19. The molecule has 0 aromatic heterocycles. The Morgan fingerprint density at radius 3 is 2.53 bits per heavy atom. The summed E-state index contributed by atoms with van der Waals surface area (Å²) < 4.78 is 5.71. The van der Waals surface area contributed by atoms with E-state index < -0.39 is 5.97 Å². The van der Waals surface area contributed by atoms with Gasteiger partial charge in [-0.25, -0.2) is 4.79 Å². The molecule has 0 aliphatic carbocycles. The molecule has 0 radical (unpaired) electrons. The summed E-state index contributed by atoms with van der Waals surface area (Å²) in [6.07, 6.45) is 0.765. The molecule has 4 heteroatoms. The van der Waals surface area contributed by atoms with Crippen molar-refractivity contribution in [1.82, 2.24) is 0 Å². The molecule has 0 aliphatic rings. The number of esters is 1. The Kier molecular flexibility index (Phi) is 4.37. The van der Waals surface area contributed by atoms with Gasteiger partial charge in [-0.2, -0.15) is 0 Å². The number of aliphatic hydroxyl groups is 1. The van der Waals surface area contributed by atoms with Crippen LogP contribution in [0.3, 0.4) is 0 Å². The Morgan fingerprint density at radius 2 is 2.07 bits per heavy atom. The van der Waals surface area contributed by atoms with E-state index in [1.54, 1.807) is 31.2 Å². The number of halogens is 1. The first kappa shape index (κ1) is 11.8. The van der Waals surface area contributed by atoms with Gasteiger partial charge in [0.05, 0.1) is 12.9 Å². The summed E-state index contributed by atoms with van der Waals surface area (Å²) in [4.78, 5) is 11.4. The van der Waals surface area contributed by atoms with Crippen LogP contribution in [0.2, 0.25) is 0 Å². The van der Waals surface area contributed by atoms with Crippen LogP contribution in [-0.4, -0.2) is 17.7 Å².